The molecule has 0 unspecified atom stereocenters. The van der Waals surface area contributed by atoms with Crippen molar-refractivity contribution in [2.45, 2.75) is 37.1 Å². The first kappa shape index (κ1) is 34.6. The van der Waals surface area contributed by atoms with Crippen LogP contribution in [0.3, 0.4) is 0 Å². The van der Waals surface area contributed by atoms with Gasteiger partial charge in [-0.25, -0.2) is 18.5 Å². The molecule has 0 amide bonds. The molecule has 4 aromatic rings. The number of thiazole rings is 1. The largest absolute Gasteiger partial charge is 0.573 e. The highest BCUT2D eigenvalue weighted by molar-refractivity contribution is 7.89. The standard InChI is InChI=1S/C17H14F3N5O6S2.C9H11F2NO/c18-17(19,20)31-9-1-3-10(4-2-9)33(29,30)25-6-5-24(8-12(25)15(27)28)16-22-11-7-21-23-14(26)13(11)32-16;10-9(11)13-6-8-3-1-7(5-12)2-4-8/h1-4,7,12H,5-6,8H2,(H,23,26)(H,27,28);1-4,9H,5-6,12H2/t12-;/m1./s1. The Kier molecular flexibility index (Phi) is 10.9. The van der Waals surface area contributed by atoms with Crippen molar-refractivity contribution in [1.29, 1.82) is 0 Å². The van der Waals surface area contributed by atoms with E-state index in [4.69, 9.17) is 5.73 Å². The van der Waals surface area contributed by atoms with Crippen molar-refractivity contribution in [2.75, 3.05) is 24.5 Å². The number of hydrogen-bond acceptors (Lipinski definition) is 11. The molecule has 4 N–H and O–H groups in total. The Hall–Kier alpha value is -4.24. The van der Waals surface area contributed by atoms with E-state index in [1.165, 1.54) is 6.20 Å². The maximum atomic E-state index is 13.0. The first-order chi connectivity index (χ1) is 21.7. The molecule has 1 atom stereocenters. The number of carboxylic acids is 1. The molecule has 1 aliphatic rings. The number of nitrogens with two attached hydrogens (primary N) is 1. The fourth-order valence-electron chi connectivity index (χ4n) is 4.22. The lowest BCUT2D eigenvalue weighted by molar-refractivity contribution is -0.274. The summed E-state index contributed by atoms with van der Waals surface area (Å²) in [5, 5.41) is 15.9. The van der Waals surface area contributed by atoms with Gasteiger partial charge >= 0.3 is 18.9 Å². The Morgan fingerprint density at radius 2 is 1.76 bits per heavy atom. The molecule has 0 saturated carbocycles. The maximum absolute atomic E-state index is 13.0. The Balaban J connectivity index is 0.000000310. The molecule has 248 valence electrons. The molecule has 0 bridgehead atoms. The predicted octanol–water partition coefficient (Wildman–Crippen LogP) is 3.13. The Morgan fingerprint density at radius 1 is 1.11 bits per heavy atom. The molecule has 5 rings (SSSR count). The van der Waals surface area contributed by atoms with Gasteiger partial charge < -0.3 is 25.2 Å². The average molecular weight is 693 g/mol. The van der Waals surface area contributed by atoms with E-state index in [-0.39, 0.29) is 31.1 Å². The van der Waals surface area contributed by atoms with Crippen molar-refractivity contribution < 1.29 is 49.7 Å². The number of aromatic nitrogens is 3. The lowest BCUT2D eigenvalue weighted by Crippen LogP contribution is -2.58. The number of hydrogen-bond donors (Lipinski definition) is 3. The van der Waals surface area contributed by atoms with Crippen LogP contribution in [-0.4, -0.2) is 77.6 Å². The Bertz CT molecular complexity index is 1800. The van der Waals surface area contributed by atoms with Gasteiger partial charge in [-0.1, -0.05) is 35.6 Å². The van der Waals surface area contributed by atoms with Crippen LogP contribution in [0.1, 0.15) is 11.1 Å². The second-order valence-electron chi connectivity index (χ2n) is 9.44. The summed E-state index contributed by atoms with van der Waals surface area (Å²) in [6.07, 6.45) is -3.59. The molecule has 3 heterocycles. The molecular weight excluding hydrogens is 667 g/mol. The fourth-order valence-corrected chi connectivity index (χ4v) is 6.74. The van der Waals surface area contributed by atoms with Gasteiger partial charge in [0.25, 0.3) is 5.56 Å². The number of rotatable bonds is 9. The van der Waals surface area contributed by atoms with Crippen LogP contribution in [-0.2, 0) is 32.7 Å². The zero-order valence-corrected chi connectivity index (χ0v) is 25.0. The zero-order valence-electron chi connectivity index (χ0n) is 23.4. The van der Waals surface area contributed by atoms with E-state index in [0.29, 0.717) is 21.9 Å². The molecule has 1 saturated heterocycles. The molecule has 0 spiro atoms. The van der Waals surface area contributed by atoms with E-state index in [1.54, 1.807) is 29.2 Å². The van der Waals surface area contributed by atoms with Gasteiger partial charge in [0, 0.05) is 26.2 Å². The number of fused-ring (bicyclic) bond motifs is 1. The molecule has 13 nitrogen and oxygen atoms in total. The topological polar surface area (TPSA) is 181 Å². The molecule has 0 radical (unpaired) electrons. The van der Waals surface area contributed by atoms with Crippen LogP contribution >= 0.6 is 11.3 Å². The first-order valence-corrected chi connectivity index (χ1v) is 15.3. The molecule has 46 heavy (non-hydrogen) atoms. The second-order valence-corrected chi connectivity index (χ2v) is 12.3. The van der Waals surface area contributed by atoms with Crippen molar-refractivity contribution in [3.63, 3.8) is 0 Å². The molecule has 20 heteroatoms. The summed E-state index contributed by atoms with van der Waals surface area (Å²) in [6.45, 7) is -2.74. The van der Waals surface area contributed by atoms with Crippen LogP contribution < -0.4 is 20.9 Å². The number of anilines is 1. The number of ether oxygens (including phenoxy) is 2. The smallest absolute Gasteiger partial charge is 0.480 e. The third kappa shape index (κ3) is 8.72. The van der Waals surface area contributed by atoms with Crippen molar-refractivity contribution >= 4 is 42.7 Å². The van der Waals surface area contributed by atoms with Crippen molar-refractivity contribution in [3.05, 3.63) is 76.2 Å². The number of nitrogens with zero attached hydrogens (tertiary/aromatic N) is 4. The number of halogens is 5. The summed E-state index contributed by atoms with van der Waals surface area (Å²) in [4.78, 5) is 29.2. The summed E-state index contributed by atoms with van der Waals surface area (Å²) in [5.74, 6) is -2.03. The number of carboxylic acid groups (broad SMARTS) is 1. The number of carbonyl (C=O) groups is 1. The van der Waals surface area contributed by atoms with Gasteiger partial charge in [0.1, 0.15) is 22.0 Å². The van der Waals surface area contributed by atoms with E-state index in [9.17, 15) is 45.1 Å². The van der Waals surface area contributed by atoms with Crippen molar-refractivity contribution in [1.82, 2.24) is 19.5 Å². The van der Waals surface area contributed by atoms with Crippen LogP contribution in [0.15, 0.2) is 64.4 Å². The van der Waals surface area contributed by atoms with Gasteiger partial charge in [-0.3, -0.25) is 9.59 Å². The fraction of sp³-hybridized carbons (Fsp3) is 0.308. The number of aliphatic carboxylic acids is 1. The summed E-state index contributed by atoms with van der Waals surface area (Å²) < 4.78 is 95.2. The minimum atomic E-state index is -4.94. The number of alkyl halides is 5. The van der Waals surface area contributed by atoms with E-state index in [1.807, 2.05) is 0 Å². The molecular formula is C26H25F5N6O7S2. The SMILES string of the molecule is NCc1ccc(COC(F)F)cc1.O=C(O)[C@H]1CN(c2nc3cn[nH]c(=O)c3s2)CCN1S(=O)(=O)c1ccc(OC(F)(F)F)cc1. The minimum absolute atomic E-state index is 0.0669. The number of benzene rings is 2. The molecule has 2 aromatic heterocycles. The maximum Gasteiger partial charge on any atom is 0.573 e. The van der Waals surface area contributed by atoms with E-state index in [0.717, 1.165) is 51.0 Å². The van der Waals surface area contributed by atoms with E-state index < -0.39 is 46.3 Å². The monoisotopic (exact) mass is 692 g/mol. The van der Waals surface area contributed by atoms with Gasteiger partial charge in [0.2, 0.25) is 10.0 Å². The number of aromatic amines is 1. The number of H-pyrrole nitrogens is 1. The third-order valence-electron chi connectivity index (χ3n) is 6.39. The van der Waals surface area contributed by atoms with E-state index in [2.05, 4.69) is 24.7 Å². The molecule has 2 aromatic carbocycles. The lowest BCUT2D eigenvalue weighted by atomic mass is 10.1. The highest BCUT2D eigenvalue weighted by atomic mass is 32.2. The third-order valence-corrected chi connectivity index (χ3v) is 9.44. The lowest BCUT2D eigenvalue weighted by Gasteiger charge is -2.38. The first-order valence-electron chi connectivity index (χ1n) is 13.0. The zero-order chi connectivity index (χ0) is 33.6. The van der Waals surface area contributed by atoms with Crippen molar-refractivity contribution in [2.24, 2.45) is 5.73 Å². The quantitative estimate of drug-likeness (QED) is 0.219. The number of nitrogens with one attached hydrogen (secondary N) is 1. The molecule has 1 aliphatic heterocycles. The predicted molar refractivity (Wildman–Crippen MR) is 154 cm³/mol. The van der Waals surface area contributed by atoms with Gasteiger partial charge in [0.05, 0.1) is 17.7 Å². The van der Waals surface area contributed by atoms with Crippen molar-refractivity contribution in [3.8, 4) is 5.75 Å². The minimum Gasteiger partial charge on any atom is -0.480 e. The summed E-state index contributed by atoms with van der Waals surface area (Å²) in [5.41, 5.74) is 6.93. The van der Waals surface area contributed by atoms with Gasteiger partial charge in [-0.2, -0.15) is 18.2 Å². The highest BCUT2D eigenvalue weighted by Crippen LogP contribution is 2.31. The van der Waals surface area contributed by atoms with Crippen LogP contribution in [0.5, 0.6) is 5.75 Å². The van der Waals surface area contributed by atoms with Crippen LogP contribution in [0.4, 0.5) is 27.1 Å². The van der Waals surface area contributed by atoms with Crippen LogP contribution in [0.2, 0.25) is 0 Å². The summed E-state index contributed by atoms with van der Waals surface area (Å²) >= 11 is 1.02. The normalized spacial score (nSPS) is 15.9. The second kappa shape index (κ2) is 14.5. The van der Waals surface area contributed by atoms with Gasteiger partial charge in [-0.15, -0.1) is 13.2 Å². The molecule has 1 fully saturated rings. The average Bonchev–Trinajstić information content (AvgIpc) is 3.46. The van der Waals surface area contributed by atoms with Gasteiger partial charge in [-0.05, 0) is 35.4 Å². The van der Waals surface area contributed by atoms with Gasteiger partial charge in [0.15, 0.2) is 5.13 Å². The number of piperazine rings is 1. The Morgan fingerprint density at radius 3 is 2.33 bits per heavy atom. The summed E-state index contributed by atoms with van der Waals surface area (Å²) in [7, 11) is -4.35. The summed E-state index contributed by atoms with van der Waals surface area (Å²) in [6, 6.07) is 9.03. The van der Waals surface area contributed by atoms with Crippen LogP contribution in [0.25, 0.3) is 10.2 Å². The van der Waals surface area contributed by atoms with E-state index >= 15 is 0 Å². The highest BCUT2D eigenvalue weighted by Gasteiger charge is 2.41. The van der Waals surface area contributed by atoms with Crippen LogP contribution in [0, 0.1) is 0 Å². The molecule has 0 aliphatic carbocycles. The number of sulfonamides is 1. The Labute approximate surface area is 261 Å².